The lowest BCUT2D eigenvalue weighted by atomic mass is 10.1. The van der Waals surface area contributed by atoms with E-state index in [0.29, 0.717) is 9.90 Å². The Balaban J connectivity index is 2.27. The number of nitrogens with one attached hydrogen (secondary N) is 1. The average molecular weight is 303 g/mol. The van der Waals surface area contributed by atoms with Crippen molar-refractivity contribution in [1.29, 1.82) is 0 Å². The van der Waals surface area contributed by atoms with Gasteiger partial charge >= 0.3 is 0 Å². The van der Waals surface area contributed by atoms with E-state index in [1.165, 1.54) is 11.3 Å². The number of rotatable bonds is 2. The molecule has 0 bridgehead atoms. The number of thiophene rings is 1. The van der Waals surface area contributed by atoms with Crippen LogP contribution < -0.4 is 5.32 Å². The number of amides is 1. The van der Waals surface area contributed by atoms with Crippen LogP contribution in [0.15, 0.2) is 42.5 Å². The zero-order valence-electron chi connectivity index (χ0n) is 10.7. The van der Waals surface area contributed by atoms with Crippen LogP contribution in [-0.2, 0) is 0 Å². The number of nitrogens with zero attached hydrogens (tertiary/aromatic N) is 1. The molecule has 5 heteroatoms. The summed E-state index contributed by atoms with van der Waals surface area (Å²) in [6.07, 6.45) is 0. The number of carbonyl (C=O) groups is 1. The smallest absolute Gasteiger partial charge is 0.251 e. The van der Waals surface area contributed by atoms with Gasteiger partial charge in [0.2, 0.25) is 0 Å². The number of hydrogen-bond donors (Lipinski definition) is 1. The van der Waals surface area contributed by atoms with E-state index in [9.17, 15) is 4.79 Å². The summed E-state index contributed by atoms with van der Waals surface area (Å²) in [5.74, 6) is -0.118. The zero-order chi connectivity index (χ0) is 14.1. The van der Waals surface area contributed by atoms with Crippen molar-refractivity contribution in [1.82, 2.24) is 10.3 Å². The lowest BCUT2D eigenvalue weighted by molar-refractivity contribution is 0.0964. The fourth-order valence-electron chi connectivity index (χ4n) is 2.08. The molecule has 0 aliphatic rings. The van der Waals surface area contributed by atoms with Crippen LogP contribution in [0.5, 0.6) is 0 Å². The van der Waals surface area contributed by atoms with Gasteiger partial charge in [0, 0.05) is 12.4 Å². The van der Waals surface area contributed by atoms with Crippen LogP contribution in [-0.4, -0.2) is 17.9 Å². The quantitative estimate of drug-likeness (QED) is 0.778. The second-order valence-corrected chi connectivity index (χ2v) is 5.97. The summed E-state index contributed by atoms with van der Waals surface area (Å²) >= 11 is 7.42. The van der Waals surface area contributed by atoms with Gasteiger partial charge in [0.05, 0.1) is 26.0 Å². The lowest BCUT2D eigenvalue weighted by Crippen LogP contribution is -2.18. The predicted molar refractivity (Wildman–Crippen MR) is 83.5 cm³/mol. The van der Waals surface area contributed by atoms with Crippen molar-refractivity contribution in [3.63, 3.8) is 0 Å². The maximum absolute atomic E-state index is 12.1. The Hall–Kier alpha value is -1.91. The SMILES string of the molecule is CNC(=O)c1cc(-c2ccc(Cl)s2)nc2ccccc12. The molecular formula is C15H11ClN2OS. The van der Waals surface area contributed by atoms with Crippen molar-refractivity contribution in [2.24, 2.45) is 0 Å². The number of fused-ring (bicyclic) bond motifs is 1. The molecule has 3 rings (SSSR count). The van der Waals surface area contributed by atoms with Crippen molar-refractivity contribution >= 4 is 39.7 Å². The molecule has 1 N–H and O–H groups in total. The number of pyridine rings is 1. The van der Waals surface area contributed by atoms with Gasteiger partial charge in [-0.1, -0.05) is 29.8 Å². The highest BCUT2D eigenvalue weighted by Gasteiger charge is 2.13. The molecule has 0 saturated heterocycles. The first-order valence-electron chi connectivity index (χ1n) is 6.06. The third-order valence-electron chi connectivity index (χ3n) is 3.01. The van der Waals surface area contributed by atoms with Gasteiger partial charge in [0.15, 0.2) is 0 Å². The molecule has 0 saturated carbocycles. The van der Waals surface area contributed by atoms with Crippen molar-refractivity contribution in [3.05, 3.63) is 52.4 Å². The number of halogens is 1. The third kappa shape index (κ3) is 2.28. The highest BCUT2D eigenvalue weighted by atomic mass is 35.5. The number of benzene rings is 1. The maximum atomic E-state index is 12.1. The lowest BCUT2D eigenvalue weighted by Gasteiger charge is -2.07. The van der Waals surface area contributed by atoms with E-state index in [1.54, 1.807) is 7.05 Å². The molecule has 20 heavy (non-hydrogen) atoms. The summed E-state index contributed by atoms with van der Waals surface area (Å²) in [7, 11) is 1.62. The summed E-state index contributed by atoms with van der Waals surface area (Å²) in [6, 6.07) is 13.2. The molecule has 100 valence electrons. The molecule has 0 aliphatic carbocycles. The summed E-state index contributed by atoms with van der Waals surface area (Å²) in [5.41, 5.74) is 2.19. The molecule has 0 spiro atoms. The Morgan fingerprint density at radius 1 is 1.25 bits per heavy atom. The fourth-order valence-corrected chi connectivity index (χ4v) is 3.08. The van der Waals surface area contributed by atoms with Crippen LogP contribution in [0.25, 0.3) is 21.5 Å². The molecule has 0 unspecified atom stereocenters. The normalized spacial score (nSPS) is 10.7. The van der Waals surface area contributed by atoms with Gasteiger partial charge in [-0.15, -0.1) is 11.3 Å². The largest absolute Gasteiger partial charge is 0.355 e. The summed E-state index contributed by atoms with van der Waals surface area (Å²) < 4.78 is 0.705. The van der Waals surface area contributed by atoms with Crippen LogP contribution in [0, 0.1) is 0 Å². The van der Waals surface area contributed by atoms with Gasteiger partial charge in [-0.3, -0.25) is 4.79 Å². The molecule has 0 aliphatic heterocycles. The van der Waals surface area contributed by atoms with Gasteiger partial charge in [-0.05, 0) is 24.3 Å². The first kappa shape index (κ1) is 13.1. The van der Waals surface area contributed by atoms with Crippen molar-refractivity contribution in [3.8, 4) is 10.6 Å². The average Bonchev–Trinajstić information content (AvgIpc) is 2.92. The highest BCUT2D eigenvalue weighted by molar-refractivity contribution is 7.19. The van der Waals surface area contributed by atoms with Gasteiger partial charge < -0.3 is 5.32 Å². The molecule has 3 nitrogen and oxygen atoms in total. The molecule has 0 atom stereocenters. The van der Waals surface area contributed by atoms with Crippen LogP contribution in [0.3, 0.4) is 0 Å². The molecule has 0 fully saturated rings. The predicted octanol–water partition coefficient (Wildman–Crippen LogP) is 3.98. The Morgan fingerprint density at radius 2 is 2.05 bits per heavy atom. The van der Waals surface area contributed by atoms with E-state index < -0.39 is 0 Å². The van der Waals surface area contributed by atoms with Crippen LogP contribution in [0.4, 0.5) is 0 Å². The molecule has 1 aromatic carbocycles. The molecule has 3 aromatic rings. The minimum atomic E-state index is -0.118. The minimum absolute atomic E-state index is 0.118. The van der Waals surface area contributed by atoms with E-state index >= 15 is 0 Å². The van der Waals surface area contributed by atoms with Gasteiger partial charge in [0.1, 0.15) is 0 Å². The number of para-hydroxylation sites is 1. The van der Waals surface area contributed by atoms with Crippen molar-refractivity contribution < 1.29 is 4.79 Å². The molecule has 2 heterocycles. The van der Waals surface area contributed by atoms with E-state index in [0.717, 1.165) is 21.5 Å². The van der Waals surface area contributed by atoms with Gasteiger partial charge in [0.25, 0.3) is 5.91 Å². The van der Waals surface area contributed by atoms with E-state index in [1.807, 2.05) is 42.5 Å². The summed E-state index contributed by atoms with van der Waals surface area (Å²) in [5, 5.41) is 3.51. The van der Waals surface area contributed by atoms with E-state index in [-0.39, 0.29) is 5.91 Å². The second-order valence-electron chi connectivity index (χ2n) is 4.26. The Labute approximate surface area is 125 Å². The van der Waals surface area contributed by atoms with E-state index in [2.05, 4.69) is 10.3 Å². The standard InChI is InChI=1S/C15H11ClN2OS/c1-17-15(19)10-8-12(13-6-7-14(16)20-13)18-11-5-3-2-4-9(10)11/h2-8H,1H3,(H,17,19). The summed E-state index contributed by atoms with van der Waals surface area (Å²) in [4.78, 5) is 17.6. The monoisotopic (exact) mass is 302 g/mol. The van der Waals surface area contributed by atoms with E-state index in [4.69, 9.17) is 11.6 Å². The Morgan fingerprint density at radius 3 is 2.75 bits per heavy atom. The Kier molecular flexibility index (Phi) is 3.42. The maximum Gasteiger partial charge on any atom is 0.251 e. The van der Waals surface area contributed by atoms with Crippen molar-refractivity contribution in [2.75, 3.05) is 7.05 Å². The first-order chi connectivity index (χ1) is 9.69. The fraction of sp³-hybridized carbons (Fsp3) is 0.0667. The molecule has 1 amide bonds. The van der Waals surface area contributed by atoms with Gasteiger partial charge in [-0.25, -0.2) is 4.98 Å². The topological polar surface area (TPSA) is 42.0 Å². The third-order valence-corrected chi connectivity index (χ3v) is 4.27. The Bertz CT molecular complexity index is 797. The number of hydrogen-bond acceptors (Lipinski definition) is 3. The molecular weight excluding hydrogens is 292 g/mol. The second kappa shape index (κ2) is 5.23. The van der Waals surface area contributed by atoms with Gasteiger partial charge in [-0.2, -0.15) is 0 Å². The first-order valence-corrected chi connectivity index (χ1v) is 7.26. The molecule has 0 radical (unpaired) electrons. The zero-order valence-corrected chi connectivity index (χ0v) is 12.3. The minimum Gasteiger partial charge on any atom is -0.355 e. The van der Waals surface area contributed by atoms with Crippen LogP contribution in [0.2, 0.25) is 4.34 Å². The van der Waals surface area contributed by atoms with Crippen LogP contribution >= 0.6 is 22.9 Å². The van der Waals surface area contributed by atoms with Crippen molar-refractivity contribution in [2.45, 2.75) is 0 Å². The highest BCUT2D eigenvalue weighted by Crippen LogP contribution is 2.32. The van der Waals surface area contributed by atoms with Crippen LogP contribution in [0.1, 0.15) is 10.4 Å². The number of carbonyl (C=O) groups excluding carboxylic acids is 1. The molecule has 2 aromatic heterocycles. The summed E-state index contributed by atoms with van der Waals surface area (Å²) in [6.45, 7) is 0. The number of aromatic nitrogens is 1.